The summed E-state index contributed by atoms with van der Waals surface area (Å²) in [5.41, 5.74) is 2.87. The summed E-state index contributed by atoms with van der Waals surface area (Å²) in [4.78, 5) is 20.6. The van der Waals surface area contributed by atoms with Crippen molar-refractivity contribution >= 4 is 40.4 Å². The summed E-state index contributed by atoms with van der Waals surface area (Å²) in [7, 11) is 0. The molecular weight excluding hydrogens is 364 g/mol. The second-order valence-corrected chi connectivity index (χ2v) is 7.80. The van der Waals surface area contributed by atoms with Gasteiger partial charge in [-0.3, -0.25) is 14.7 Å². The molecule has 3 nitrogen and oxygen atoms in total. The van der Waals surface area contributed by atoms with Gasteiger partial charge in [0.2, 0.25) is 0 Å². The van der Waals surface area contributed by atoms with Crippen molar-refractivity contribution in [3.8, 4) is 0 Å². The molecule has 1 spiro atoms. The highest BCUT2D eigenvalue weighted by Gasteiger charge is 2.50. The third kappa shape index (κ3) is 2.87. The summed E-state index contributed by atoms with van der Waals surface area (Å²) in [6.45, 7) is 2.04. The molecule has 0 bridgehead atoms. The predicted molar refractivity (Wildman–Crippen MR) is 109 cm³/mol. The number of thiocarbonyl (C=S) groups is 1. The molecular formula is C21H19ClN2OS. The van der Waals surface area contributed by atoms with Gasteiger partial charge in [0.05, 0.1) is 0 Å². The second-order valence-electron chi connectivity index (χ2n) is 6.98. The smallest absolute Gasteiger partial charge is 0.261 e. The molecule has 5 heteroatoms. The lowest BCUT2D eigenvalue weighted by atomic mass is 10.1. The maximum absolute atomic E-state index is 13.3. The first-order chi connectivity index (χ1) is 12.5. The molecule has 0 saturated heterocycles. The maximum atomic E-state index is 13.3. The van der Waals surface area contributed by atoms with Gasteiger partial charge in [0.25, 0.3) is 5.91 Å². The zero-order valence-corrected chi connectivity index (χ0v) is 16.1. The number of carbonyl (C=O) groups excluding carboxylic acids is 1. The first kappa shape index (κ1) is 17.4. The van der Waals surface area contributed by atoms with Crippen LogP contribution in [0.2, 0.25) is 5.02 Å². The second kappa shape index (κ2) is 6.60. The number of hydrogen-bond donors (Lipinski definition) is 0. The molecule has 0 atom stereocenters. The molecule has 2 aromatic carbocycles. The van der Waals surface area contributed by atoms with Gasteiger partial charge in [-0.25, -0.2) is 0 Å². The van der Waals surface area contributed by atoms with Gasteiger partial charge in [-0.1, -0.05) is 53.6 Å². The Bertz CT molecular complexity index is 931. The summed E-state index contributed by atoms with van der Waals surface area (Å²) >= 11 is 11.8. The molecule has 1 fully saturated rings. The summed E-state index contributed by atoms with van der Waals surface area (Å²) in [6, 6.07) is 15.2. The average molecular weight is 383 g/mol. The van der Waals surface area contributed by atoms with E-state index in [2.05, 4.69) is 6.07 Å². The molecule has 1 saturated carbocycles. The zero-order valence-electron chi connectivity index (χ0n) is 14.5. The van der Waals surface area contributed by atoms with Crippen molar-refractivity contribution in [3.63, 3.8) is 0 Å². The SMILES string of the molecule is Cc1cccc(C2=NC3(CCCC3)N(C(=O)c3cccc(Cl)c3)C2=S)c1. The molecule has 0 radical (unpaired) electrons. The van der Waals surface area contributed by atoms with Crippen LogP contribution in [0.3, 0.4) is 0 Å². The Morgan fingerprint density at radius 2 is 1.88 bits per heavy atom. The topological polar surface area (TPSA) is 32.7 Å². The maximum Gasteiger partial charge on any atom is 0.261 e. The first-order valence-corrected chi connectivity index (χ1v) is 9.60. The van der Waals surface area contributed by atoms with Crippen molar-refractivity contribution in [3.05, 3.63) is 70.2 Å². The molecule has 4 rings (SSSR count). The number of aliphatic imine (C=N–C) groups is 1. The van der Waals surface area contributed by atoms with Crippen LogP contribution in [0.5, 0.6) is 0 Å². The van der Waals surface area contributed by atoms with Gasteiger partial charge in [-0.2, -0.15) is 0 Å². The number of nitrogens with zero attached hydrogens (tertiary/aromatic N) is 2. The van der Waals surface area contributed by atoms with Crippen LogP contribution in [-0.2, 0) is 0 Å². The molecule has 0 N–H and O–H groups in total. The van der Waals surface area contributed by atoms with Gasteiger partial charge >= 0.3 is 0 Å². The standard InChI is InChI=1S/C21H19ClN2OS/c1-14-6-4-7-15(12-14)18-20(26)24(21(23-18)10-2-3-11-21)19(25)16-8-5-9-17(22)13-16/h4-9,12-13H,2-3,10-11H2,1H3. The summed E-state index contributed by atoms with van der Waals surface area (Å²) in [5.74, 6) is -0.120. The van der Waals surface area contributed by atoms with Gasteiger partial charge in [-0.15, -0.1) is 0 Å². The molecule has 1 aliphatic heterocycles. The Hall–Kier alpha value is -2.04. The number of halogens is 1. The van der Waals surface area contributed by atoms with Crippen LogP contribution in [0.25, 0.3) is 0 Å². The van der Waals surface area contributed by atoms with Crippen molar-refractivity contribution in [1.82, 2.24) is 4.90 Å². The van der Waals surface area contributed by atoms with E-state index in [1.165, 1.54) is 0 Å². The number of rotatable bonds is 2. The van der Waals surface area contributed by atoms with E-state index in [1.54, 1.807) is 29.2 Å². The minimum Gasteiger partial charge on any atom is -0.271 e. The number of amides is 1. The lowest BCUT2D eigenvalue weighted by molar-refractivity contribution is 0.0724. The highest BCUT2D eigenvalue weighted by Crippen LogP contribution is 2.42. The fourth-order valence-corrected chi connectivity index (χ4v) is 4.50. The van der Waals surface area contributed by atoms with Crippen molar-refractivity contribution in [2.75, 3.05) is 0 Å². The average Bonchev–Trinajstić information content (AvgIpc) is 3.20. The lowest BCUT2D eigenvalue weighted by Gasteiger charge is -2.32. The van der Waals surface area contributed by atoms with Gasteiger partial charge in [0.15, 0.2) is 0 Å². The van der Waals surface area contributed by atoms with Crippen molar-refractivity contribution in [1.29, 1.82) is 0 Å². The van der Waals surface area contributed by atoms with E-state index in [0.29, 0.717) is 15.6 Å². The van der Waals surface area contributed by atoms with Crippen LogP contribution in [0, 0.1) is 6.92 Å². The van der Waals surface area contributed by atoms with Crippen LogP contribution in [0.15, 0.2) is 53.5 Å². The molecule has 0 unspecified atom stereocenters. The number of carbonyl (C=O) groups is 1. The van der Waals surface area contributed by atoms with E-state index in [-0.39, 0.29) is 5.91 Å². The molecule has 0 aromatic heterocycles. The quantitative estimate of drug-likeness (QED) is 0.669. The highest BCUT2D eigenvalue weighted by atomic mass is 35.5. The van der Waals surface area contributed by atoms with E-state index in [0.717, 1.165) is 42.5 Å². The third-order valence-electron chi connectivity index (χ3n) is 5.11. The molecule has 1 heterocycles. The fraction of sp³-hybridized carbons (Fsp3) is 0.286. The minimum atomic E-state index is -0.546. The van der Waals surface area contributed by atoms with Crippen LogP contribution in [0.1, 0.15) is 47.2 Å². The first-order valence-electron chi connectivity index (χ1n) is 8.82. The van der Waals surface area contributed by atoms with E-state index >= 15 is 0 Å². The van der Waals surface area contributed by atoms with Crippen molar-refractivity contribution in [2.45, 2.75) is 38.3 Å². The molecule has 2 aromatic rings. The Balaban J connectivity index is 1.78. The van der Waals surface area contributed by atoms with Gasteiger partial charge in [-0.05, 0) is 56.9 Å². The third-order valence-corrected chi connectivity index (χ3v) is 5.72. The predicted octanol–water partition coefficient (Wildman–Crippen LogP) is 5.19. The van der Waals surface area contributed by atoms with Crippen molar-refractivity contribution in [2.24, 2.45) is 4.99 Å². The number of benzene rings is 2. The Labute approximate surface area is 163 Å². The summed E-state index contributed by atoms with van der Waals surface area (Å²) in [6.07, 6.45) is 3.78. The van der Waals surface area contributed by atoms with Crippen LogP contribution in [0.4, 0.5) is 0 Å². The van der Waals surface area contributed by atoms with Gasteiger partial charge < -0.3 is 0 Å². The molecule has 2 aliphatic rings. The number of aryl methyl sites for hydroxylation is 1. The van der Waals surface area contributed by atoms with Crippen molar-refractivity contribution < 1.29 is 4.79 Å². The van der Waals surface area contributed by atoms with E-state index < -0.39 is 5.66 Å². The van der Waals surface area contributed by atoms with Gasteiger partial charge in [0.1, 0.15) is 16.4 Å². The van der Waals surface area contributed by atoms with Crippen LogP contribution >= 0.6 is 23.8 Å². The van der Waals surface area contributed by atoms with E-state index in [1.807, 2.05) is 25.1 Å². The Morgan fingerprint density at radius 1 is 1.15 bits per heavy atom. The van der Waals surface area contributed by atoms with Crippen LogP contribution < -0.4 is 0 Å². The monoisotopic (exact) mass is 382 g/mol. The van der Waals surface area contributed by atoms with Gasteiger partial charge in [0, 0.05) is 16.1 Å². The normalized spacial score (nSPS) is 18.5. The Morgan fingerprint density at radius 3 is 2.58 bits per heavy atom. The highest BCUT2D eigenvalue weighted by molar-refractivity contribution is 7.82. The minimum absolute atomic E-state index is 0.120. The lowest BCUT2D eigenvalue weighted by Crippen LogP contribution is -2.48. The molecule has 132 valence electrons. The number of hydrogen-bond acceptors (Lipinski definition) is 3. The molecule has 1 aliphatic carbocycles. The fourth-order valence-electron chi connectivity index (χ4n) is 3.89. The molecule has 26 heavy (non-hydrogen) atoms. The zero-order chi connectivity index (χ0) is 18.3. The largest absolute Gasteiger partial charge is 0.271 e. The van der Waals surface area contributed by atoms with E-state index in [9.17, 15) is 4.79 Å². The Kier molecular flexibility index (Phi) is 4.41. The van der Waals surface area contributed by atoms with E-state index in [4.69, 9.17) is 28.8 Å². The summed E-state index contributed by atoms with van der Waals surface area (Å²) in [5, 5.41) is 0.543. The summed E-state index contributed by atoms with van der Waals surface area (Å²) < 4.78 is 0. The molecule has 1 amide bonds. The van der Waals surface area contributed by atoms with Crippen LogP contribution in [-0.4, -0.2) is 27.2 Å².